The second-order valence-electron chi connectivity index (χ2n) is 24.5. The molecule has 12 nitrogen and oxygen atoms in total. The van der Waals surface area contributed by atoms with E-state index in [2.05, 4.69) is 88.4 Å². The van der Waals surface area contributed by atoms with Crippen LogP contribution in [0.5, 0.6) is 11.5 Å². The molecular weight excluding hydrogens is 951 g/mol. The maximum Gasteiger partial charge on any atom is 0.160 e. The smallest absolute Gasteiger partial charge is 0.160 e. The number of aromatic nitrogens is 1. The van der Waals surface area contributed by atoms with E-state index in [4.69, 9.17) is 10.5 Å². The van der Waals surface area contributed by atoms with E-state index < -0.39 is 29.6 Å². The molecule has 4 aromatic rings. The molecule has 402 valence electrons. The maximum atomic E-state index is 15.1. The number of aliphatic hydroxyl groups is 3. The van der Waals surface area contributed by atoms with E-state index in [0.717, 1.165) is 59.9 Å². The molecule has 6 aliphatic carbocycles. The predicted molar refractivity (Wildman–Crippen MR) is 294 cm³/mol. The molecule has 76 heavy (non-hydrogen) atoms. The van der Waals surface area contributed by atoms with Crippen LogP contribution < -0.4 is 26.4 Å². The summed E-state index contributed by atoms with van der Waals surface area (Å²) in [6, 6.07) is 20.4. The van der Waals surface area contributed by atoms with Crippen LogP contribution in [-0.4, -0.2) is 94.6 Å². The second kappa shape index (κ2) is 20.8. The van der Waals surface area contributed by atoms with Crippen LogP contribution >= 0.6 is 0 Å². The van der Waals surface area contributed by atoms with Crippen LogP contribution in [-0.2, 0) is 16.0 Å². The van der Waals surface area contributed by atoms with Crippen molar-refractivity contribution in [1.29, 1.82) is 0 Å². The minimum atomic E-state index is -1.32. The van der Waals surface area contributed by atoms with Gasteiger partial charge in [-0.05, 0) is 187 Å². The van der Waals surface area contributed by atoms with Crippen LogP contribution in [0.15, 0.2) is 90.4 Å². The van der Waals surface area contributed by atoms with Crippen LogP contribution in [0, 0.1) is 58.2 Å². The lowest BCUT2D eigenvalue weighted by molar-refractivity contribution is -0.160. The first-order valence-corrected chi connectivity index (χ1v) is 28.9. The van der Waals surface area contributed by atoms with Crippen molar-refractivity contribution in [3.05, 3.63) is 118 Å². The van der Waals surface area contributed by atoms with E-state index in [9.17, 15) is 25.2 Å². The Labute approximate surface area is 448 Å². The SMILES string of the molecule is CCCNCC1C2c3[nH]ccc3C3CC(=O)CC4NCC(C2C43)C2(CCCC2)C1C1CCC2(C#CC(CC(O)C(O)CC(C3=CCNC(N)=C3)c3ccc4ccccc4c3)c3cc(O)c(OC)cc3CCC2=O)C(O)C1. The molecule has 2 spiro atoms. The van der Waals surface area contributed by atoms with Crippen LogP contribution in [0.1, 0.15) is 142 Å². The quantitative estimate of drug-likeness (QED) is 0.0463. The number of nitrogens with two attached hydrogens (primary N) is 1. The molecule has 1 saturated heterocycles. The number of piperidine rings is 1. The van der Waals surface area contributed by atoms with Gasteiger partial charge in [-0.3, -0.25) is 9.59 Å². The number of phenolic OH excluding ortho intramolecular Hbond substituents is 1. The van der Waals surface area contributed by atoms with Crippen LogP contribution in [0.3, 0.4) is 0 Å². The lowest BCUT2D eigenvalue weighted by Crippen LogP contribution is -2.68. The normalized spacial score (nSPS) is 33.5. The average molecular weight is 1030 g/mol. The molecule has 0 amide bonds. The van der Waals surface area contributed by atoms with Gasteiger partial charge in [0.05, 0.1) is 31.2 Å². The van der Waals surface area contributed by atoms with Gasteiger partial charge in [0, 0.05) is 61.5 Å². The Morgan fingerprint density at radius 3 is 2.58 bits per heavy atom. The molecule has 5 fully saturated rings. The standard InChI is InChI=1S/C64H79N5O7/c1-3-22-66-34-48-59-60-49(35-69-50-31-43(70)30-47(58(50)60)44-17-24-68-62(44)59)63(18-6-7-19-63)61(48)42-15-21-64(56(75)28-42)20-14-40(46-33-53(73)54(76-2)27-39(46)12-13-55(64)74)26-51(71)52(72)32-45(41-16-23-67-57(65)29-41)38-11-10-36-8-4-5-9-37(36)25-38/h4-5,8-11,16-17,24-25,27,29,33,40,42,45,47-52,56,58-61,66-69,71-73,75H,3,6-7,12-13,15,18-19,21-23,26,28,30-32,34-35,65H2,1-2H3. The molecule has 15 unspecified atom stereocenters. The Bertz CT molecular complexity index is 2980. The number of hydrogen-bond donors (Lipinski definition) is 9. The van der Waals surface area contributed by atoms with Crippen molar-refractivity contribution < 1.29 is 34.8 Å². The van der Waals surface area contributed by atoms with Crippen LogP contribution in [0.25, 0.3) is 10.8 Å². The van der Waals surface area contributed by atoms with Gasteiger partial charge >= 0.3 is 0 Å². The Morgan fingerprint density at radius 2 is 1.79 bits per heavy atom. The molecule has 10 N–H and O–H groups in total. The van der Waals surface area contributed by atoms with Gasteiger partial charge in [0.25, 0.3) is 0 Å². The molecule has 2 aliphatic heterocycles. The third-order valence-corrected chi connectivity index (χ3v) is 20.8. The summed E-state index contributed by atoms with van der Waals surface area (Å²) in [6.07, 6.45) is 12.1. The van der Waals surface area contributed by atoms with Crippen molar-refractivity contribution in [2.24, 2.45) is 52.1 Å². The lowest BCUT2D eigenvalue weighted by Gasteiger charge is -2.67. The van der Waals surface area contributed by atoms with Gasteiger partial charge in [-0.2, -0.15) is 0 Å². The average Bonchev–Trinajstić information content (AvgIpc) is 4.15. The fraction of sp³-hybridized carbons (Fsp3) is 0.562. The van der Waals surface area contributed by atoms with Crippen molar-refractivity contribution in [3.63, 3.8) is 0 Å². The van der Waals surface area contributed by atoms with Gasteiger partial charge in [-0.1, -0.05) is 80.1 Å². The zero-order chi connectivity index (χ0) is 52.5. The molecule has 8 aliphatic rings. The lowest BCUT2D eigenvalue weighted by atomic mass is 9.39. The number of carbonyl (C=O) groups excluding carboxylic acids is 2. The highest BCUT2D eigenvalue weighted by Crippen LogP contribution is 2.71. The number of aromatic hydroxyl groups is 1. The van der Waals surface area contributed by atoms with Crippen LogP contribution in [0.2, 0.25) is 0 Å². The summed E-state index contributed by atoms with van der Waals surface area (Å²) in [4.78, 5) is 32.3. The Balaban J connectivity index is 0.872. The van der Waals surface area contributed by atoms with E-state index >= 15 is 4.79 Å². The van der Waals surface area contributed by atoms with E-state index in [0.29, 0.717) is 91.3 Å². The topological polar surface area (TPSA) is 202 Å². The number of aliphatic hydroxyl groups excluding tert-OH is 3. The number of methoxy groups -OCH3 is 1. The first kappa shape index (κ1) is 51.3. The van der Waals surface area contributed by atoms with E-state index in [1.165, 1.54) is 44.1 Å². The number of allylic oxidation sites excluding steroid dienone is 2. The fourth-order valence-electron chi connectivity index (χ4n) is 17.6. The molecule has 1 aromatic heterocycles. The number of hydrogen-bond acceptors (Lipinski definition) is 11. The number of ether oxygens (including phenoxy) is 1. The van der Waals surface area contributed by atoms with Crippen molar-refractivity contribution in [1.82, 2.24) is 20.9 Å². The number of Topliss-reactive ketones (excluding diaryl/α,β-unsaturated/α-hetero) is 2. The first-order chi connectivity index (χ1) is 36.9. The molecular formula is C64H79N5O7. The number of dihydropyridines is 1. The Kier molecular flexibility index (Phi) is 14.0. The van der Waals surface area contributed by atoms with Gasteiger partial charge in [0.15, 0.2) is 17.3 Å². The zero-order valence-electron chi connectivity index (χ0n) is 44.4. The van der Waals surface area contributed by atoms with E-state index in [1.807, 2.05) is 18.2 Å². The highest BCUT2D eigenvalue weighted by molar-refractivity contribution is 5.89. The summed E-state index contributed by atoms with van der Waals surface area (Å²) < 4.78 is 5.60. The Morgan fingerprint density at radius 1 is 0.961 bits per heavy atom. The fourth-order valence-corrected chi connectivity index (χ4v) is 17.6. The van der Waals surface area contributed by atoms with Gasteiger partial charge in [0.1, 0.15) is 11.2 Å². The monoisotopic (exact) mass is 1030 g/mol. The minimum absolute atomic E-state index is 0.0333. The van der Waals surface area contributed by atoms with Crippen molar-refractivity contribution in [2.45, 2.75) is 145 Å². The molecule has 0 bridgehead atoms. The number of carbonyl (C=O) groups is 2. The maximum absolute atomic E-state index is 15.1. The molecule has 12 heteroatoms. The third-order valence-electron chi connectivity index (χ3n) is 20.8. The van der Waals surface area contributed by atoms with Gasteiger partial charge < -0.3 is 51.8 Å². The third kappa shape index (κ3) is 8.81. The summed E-state index contributed by atoms with van der Waals surface area (Å²) in [5, 5.41) is 62.0. The van der Waals surface area contributed by atoms with Gasteiger partial charge in [-0.25, -0.2) is 0 Å². The van der Waals surface area contributed by atoms with E-state index in [-0.39, 0.29) is 65.8 Å². The number of benzene rings is 3. The zero-order valence-corrected chi connectivity index (χ0v) is 44.4. The molecule has 3 aromatic carbocycles. The van der Waals surface area contributed by atoms with Gasteiger partial charge in [-0.15, -0.1) is 0 Å². The summed E-state index contributed by atoms with van der Waals surface area (Å²) in [5.41, 5.74) is 11.2. The summed E-state index contributed by atoms with van der Waals surface area (Å²) in [7, 11) is 1.50. The highest BCUT2D eigenvalue weighted by Gasteiger charge is 2.68. The highest BCUT2D eigenvalue weighted by atomic mass is 16.5. The molecule has 0 radical (unpaired) electrons. The van der Waals surface area contributed by atoms with Crippen molar-refractivity contribution in [2.75, 3.05) is 33.3 Å². The van der Waals surface area contributed by atoms with E-state index in [1.54, 1.807) is 12.1 Å². The molecule has 12 rings (SSSR count). The predicted octanol–water partition coefficient (Wildman–Crippen LogP) is 8.12. The Hall–Kier alpha value is -5.42. The number of aromatic amines is 1. The number of H-pyrrole nitrogens is 1. The second-order valence-corrected chi connectivity index (χ2v) is 24.5. The first-order valence-electron chi connectivity index (χ1n) is 28.9. The summed E-state index contributed by atoms with van der Waals surface area (Å²) in [5.74, 6) is 9.74. The number of rotatable bonds is 13. The number of fused-ring (bicyclic) bond motifs is 6. The number of ketones is 2. The van der Waals surface area contributed by atoms with Gasteiger partial charge in [0.2, 0.25) is 0 Å². The number of aryl methyl sites for hydroxylation is 1. The molecule has 3 heterocycles. The minimum Gasteiger partial charge on any atom is -0.504 e. The number of phenols is 1. The largest absolute Gasteiger partial charge is 0.504 e. The molecule has 4 saturated carbocycles. The summed E-state index contributed by atoms with van der Waals surface area (Å²) >= 11 is 0. The summed E-state index contributed by atoms with van der Waals surface area (Å²) in [6.45, 7) is 5.52. The van der Waals surface area contributed by atoms with Crippen molar-refractivity contribution in [3.8, 4) is 23.3 Å². The van der Waals surface area contributed by atoms with Crippen molar-refractivity contribution >= 4 is 22.3 Å². The molecule has 15 atom stereocenters. The van der Waals surface area contributed by atoms with Crippen LogP contribution in [0.4, 0.5) is 0 Å². The number of nitrogens with one attached hydrogen (secondary N) is 4.